The van der Waals surface area contributed by atoms with Crippen LogP contribution in [0.4, 0.5) is 14.5 Å². The Labute approximate surface area is 117 Å². The van der Waals surface area contributed by atoms with Gasteiger partial charge in [-0.1, -0.05) is 27.3 Å². The minimum absolute atomic E-state index is 0.0666. The van der Waals surface area contributed by atoms with E-state index in [0.717, 1.165) is 23.5 Å². The Morgan fingerprint density at radius 2 is 1.94 bits per heavy atom. The lowest BCUT2D eigenvalue weighted by Crippen LogP contribution is -2.14. The Kier molecular flexibility index (Phi) is 3.88. The Hall–Kier alpha value is -1.12. The van der Waals surface area contributed by atoms with Crippen LogP contribution < -0.4 is 5.32 Å². The normalized spacial score (nSPS) is 10.4. The second-order valence-electron chi connectivity index (χ2n) is 3.06. The summed E-state index contributed by atoms with van der Waals surface area (Å²) < 4.78 is 27.2. The van der Waals surface area contributed by atoms with E-state index >= 15 is 0 Å². The van der Waals surface area contributed by atoms with Crippen LogP contribution in [0.5, 0.6) is 0 Å². The van der Waals surface area contributed by atoms with Crippen molar-refractivity contribution >= 4 is 50.5 Å². The highest BCUT2D eigenvalue weighted by atomic mass is 79.9. The zero-order valence-corrected chi connectivity index (χ0v) is 11.5. The zero-order valence-electron chi connectivity index (χ0n) is 8.38. The molecular weight excluding hydrogens is 352 g/mol. The molecule has 1 amide bonds. The van der Waals surface area contributed by atoms with E-state index in [0.29, 0.717) is 0 Å². The molecule has 2 aromatic rings. The van der Waals surface area contributed by atoms with Gasteiger partial charge < -0.3 is 5.32 Å². The third kappa shape index (κ3) is 2.82. The van der Waals surface area contributed by atoms with Crippen LogP contribution in [0.1, 0.15) is 9.80 Å². The number of halogens is 4. The summed E-state index contributed by atoms with van der Waals surface area (Å²) in [6.45, 7) is 0. The van der Waals surface area contributed by atoms with Crippen LogP contribution in [0.25, 0.3) is 0 Å². The third-order valence-corrected chi connectivity index (χ3v) is 3.32. The van der Waals surface area contributed by atoms with Crippen LogP contribution in [0.2, 0.25) is 4.47 Å². The monoisotopic (exact) mass is 353 g/mol. The van der Waals surface area contributed by atoms with Crippen molar-refractivity contribution in [2.45, 2.75) is 0 Å². The highest BCUT2D eigenvalue weighted by molar-refractivity contribution is 9.10. The predicted molar refractivity (Wildman–Crippen MR) is 66.9 cm³/mol. The molecule has 0 atom stereocenters. The molecule has 4 nitrogen and oxygen atoms in total. The summed E-state index contributed by atoms with van der Waals surface area (Å²) in [6.07, 6.45) is 0. The first-order chi connectivity index (χ1) is 8.47. The molecule has 0 bridgehead atoms. The van der Waals surface area contributed by atoms with Crippen molar-refractivity contribution in [1.82, 2.24) is 10.2 Å². The van der Waals surface area contributed by atoms with Crippen LogP contribution >= 0.6 is 38.9 Å². The summed E-state index contributed by atoms with van der Waals surface area (Å²) in [5, 5.41) is 8.87. The molecule has 1 heterocycles. The SMILES string of the molecule is O=C(Nc1c(F)cc(Br)cc1F)c1nnc(Cl)s1. The first kappa shape index (κ1) is 13.3. The summed E-state index contributed by atoms with van der Waals surface area (Å²) >= 11 is 9.24. The summed E-state index contributed by atoms with van der Waals surface area (Å²) in [5.41, 5.74) is -0.547. The second-order valence-corrected chi connectivity index (χ2v) is 5.53. The molecule has 0 aliphatic rings. The van der Waals surface area contributed by atoms with Crippen molar-refractivity contribution < 1.29 is 13.6 Å². The number of amides is 1. The van der Waals surface area contributed by atoms with Gasteiger partial charge in [0.1, 0.15) is 5.69 Å². The van der Waals surface area contributed by atoms with Gasteiger partial charge in [0.2, 0.25) is 9.47 Å². The van der Waals surface area contributed by atoms with Gasteiger partial charge in [0.25, 0.3) is 5.91 Å². The number of anilines is 1. The number of nitrogens with zero attached hydrogens (tertiary/aromatic N) is 2. The molecule has 18 heavy (non-hydrogen) atoms. The van der Waals surface area contributed by atoms with Crippen LogP contribution in [-0.4, -0.2) is 16.1 Å². The molecule has 0 saturated heterocycles. The highest BCUT2D eigenvalue weighted by Crippen LogP contribution is 2.25. The van der Waals surface area contributed by atoms with Gasteiger partial charge in [-0.05, 0) is 23.7 Å². The molecule has 0 saturated carbocycles. The van der Waals surface area contributed by atoms with E-state index in [9.17, 15) is 13.6 Å². The Morgan fingerprint density at radius 1 is 1.33 bits per heavy atom. The van der Waals surface area contributed by atoms with Gasteiger partial charge >= 0.3 is 0 Å². The minimum atomic E-state index is -0.897. The van der Waals surface area contributed by atoms with Crippen LogP contribution in [0, 0.1) is 11.6 Å². The molecule has 0 unspecified atom stereocenters. The minimum Gasteiger partial charge on any atom is -0.315 e. The Balaban J connectivity index is 2.27. The molecule has 9 heteroatoms. The number of carbonyl (C=O) groups excluding carboxylic acids is 1. The topological polar surface area (TPSA) is 54.9 Å². The van der Waals surface area contributed by atoms with E-state index in [4.69, 9.17) is 11.6 Å². The maximum atomic E-state index is 13.4. The Morgan fingerprint density at radius 3 is 2.44 bits per heavy atom. The van der Waals surface area contributed by atoms with Gasteiger partial charge in [0.15, 0.2) is 11.6 Å². The zero-order chi connectivity index (χ0) is 13.3. The fraction of sp³-hybridized carbons (Fsp3) is 0. The largest absolute Gasteiger partial charge is 0.315 e. The average molecular weight is 355 g/mol. The number of hydrogen-bond acceptors (Lipinski definition) is 4. The number of rotatable bonds is 2. The maximum Gasteiger partial charge on any atom is 0.286 e. The number of benzene rings is 1. The summed E-state index contributed by atoms with van der Waals surface area (Å²) in [5.74, 6) is -2.57. The molecular formula is C9H3BrClF2N3OS. The molecule has 0 radical (unpaired) electrons. The second kappa shape index (κ2) is 5.25. The molecule has 0 aliphatic carbocycles. The van der Waals surface area contributed by atoms with Crippen molar-refractivity contribution in [2.24, 2.45) is 0 Å². The first-order valence-electron chi connectivity index (χ1n) is 4.42. The quantitative estimate of drug-likeness (QED) is 0.898. The van der Waals surface area contributed by atoms with Crippen molar-refractivity contribution in [1.29, 1.82) is 0 Å². The highest BCUT2D eigenvalue weighted by Gasteiger charge is 2.17. The van der Waals surface area contributed by atoms with E-state index < -0.39 is 23.2 Å². The molecule has 1 N–H and O–H groups in total. The van der Waals surface area contributed by atoms with Gasteiger partial charge in [-0.3, -0.25) is 4.79 Å². The Bertz CT molecular complexity index is 599. The molecule has 1 aromatic heterocycles. The van der Waals surface area contributed by atoms with Gasteiger partial charge in [0.05, 0.1) is 0 Å². The number of nitrogens with one attached hydrogen (secondary N) is 1. The smallest absolute Gasteiger partial charge is 0.286 e. The molecule has 94 valence electrons. The number of aromatic nitrogens is 2. The average Bonchev–Trinajstić information content (AvgIpc) is 2.70. The molecule has 2 rings (SSSR count). The standard InChI is InChI=1S/C9H3BrClF2N3OS/c10-3-1-4(12)6(5(13)2-3)14-7(17)8-15-16-9(11)18-8/h1-2H,(H,14,17). The van der Waals surface area contributed by atoms with Crippen molar-refractivity contribution in [2.75, 3.05) is 5.32 Å². The van der Waals surface area contributed by atoms with E-state index in [1.54, 1.807) is 0 Å². The van der Waals surface area contributed by atoms with Crippen molar-refractivity contribution in [3.8, 4) is 0 Å². The number of carbonyl (C=O) groups is 1. The van der Waals surface area contributed by atoms with E-state index in [2.05, 4.69) is 31.4 Å². The van der Waals surface area contributed by atoms with Crippen LogP contribution in [0.15, 0.2) is 16.6 Å². The maximum absolute atomic E-state index is 13.4. The lowest BCUT2D eigenvalue weighted by Gasteiger charge is -2.06. The fourth-order valence-electron chi connectivity index (χ4n) is 1.13. The lowest BCUT2D eigenvalue weighted by molar-refractivity contribution is 0.102. The predicted octanol–water partition coefficient (Wildman–Crippen LogP) is 3.48. The fourth-order valence-corrected chi connectivity index (χ4v) is 2.25. The summed E-state index contributed by atoms with van der Waals surface area (Å²) in [4.78, 5) is 11.6. The van der Waals surface area contributed by atoms with Gasteiger partial charge in [-0.15, -0.1) is 10.2 Å². The van der Waals surface area contributed by atoms with Gasteiger partial charge in [-0.2, -0.15) is 0 Å². The van der Waals surface area contributed by atoms with E-state index in [-0.39, 0.29) is 13.9 Å². The van der Waals surface area contributed by atoms with E-state index in [1.807, 2.05) is 0 Å². The van der Waals surface area contributed by atoms with Crippen molar-refractivity contribution in [3.63, 3.8) is 0 Å². The van der Waals surface area contributed by atoms with Crippen LogP contribution in [-0.2, 0) is 0 Å². The summed E-state index contributed by atoms with van der Waals surface area (Å²) in [6, 6.07) is 2.07. The van der Waals surface area contributed by atoms with Crippen molar-refractivity contribution in [3.05, 3.63) is 37.7 Å². The molecule has 1 aromatic carbocycles. The third-order valence-electron chi connectivity index (χ3n) is 1.84. The molecule has 0 spiro atoms. The van der Waals surface area contributed by atoms with Gasteiger partial charge in [-0.25, -0.2) is 8.78 Å². The summed E-state index contributed by atoms with van der Waals surface area (Å²) in [7, 11) is 0. The molecule has 0 fully saturated rings. The number of hydrogen-bond donors (Lipinski definition) is 1. The van der Waals surface area contributed by atoms with Gasteiger partial charge in [0, 0.05) is 4.47 Å². The first-order valence-corrected chi connectivity index (χ1v) is 6.41. The molecule has 0 aliphatic heterocycles. The lowest BCUT2D eigenvalue weighted by atomic mass is 10.3. The van der Waals surface area contributed by atoms with Crippen LogP contribution in [0.3, 0.4) is 0 Å². The van der Waals surface area contributed by atoms with E-state index in [1.165, 1.54) is 0 Å².